The third-order valence-electron chi connectivity index (χ3n) is 3.43. The van der Waals surface area contributed by atoms with E-state index in [9.17, 15) is 0 Å². The van der Waals surface area contributed by atoms with Gasteiger partial charge in [-0.15, -0.1) is 0 Å². The van der Waals surface area contributed by atoms with Crippen LogP contribution < -0.4 is 5.73 Å². The zero-order valence-corrected chi connectivity index (χ0v) is 10.00. The minimum absolute atomic E-state index is 0.647. The van der Waals surface area contributed by atoms with Crippen molar-refractivity contribution in [1.29, 1.82) is 0 Å². The van der Waals surface area contributed by atoms with E-state index < -0.39 is 0 Å². The quantitative estimate of drug-likeness (QED) is 0.750. The SMILES string of the molecule is CC1CCCC(N(CCN)C(C)C)C1. The predicted octanol–water partition coefficient (Wildman–Crippen LogP) is 2.23. The molecule has 2 N–H and O–H groups in total. The van der Waals surface area contributed by atoms with Crippen LogP contribution in [0.15, 0.2) is 0 Å². The molecule has 1 saturated carbocycles. The number of rotatable bonds is 4. The number of nitrogens with two attached hydrogens (primary N) is 1. The number of nitrogens with zero attached hydrogens (tertiary/aromatic N) is 1. The van der Waals surface area contributed by atoms with Crippen LogP contribution in [0.1, 0.15) is 46.5 Å². The first-order valence-electron chi connectivity index (χ1n) is 6.11. The van der Waals surface area contributed by atoms with Crippen molar-refractivity contribution >= 4 is 0 Å². The van der Waals surface area contributed by atoms with Crippen LogP contribution in [0.4, 0.5) is 0 Å². The van der Waals surface area contributed by atoms with Crippen LogP contribution in [-0.2, 0) is 0 Å². The summed E-state index contributed by atoms with van der Waals surface area (Å²) >= 11 is 0. The lowest BCUT2D eigenvalue weighted by molar-refractivity contribution is 0.107. The van der Waals surface area contributed by atoms with Crippen molar-refractivity contribution < 1.29 is 0 Å². The summed E-state index contributed by atoms with van der Waals surface area (Å²) in [5, 5.41) is 0. The first-order valence-corrected chi connectivity index (χ1v) is 6.11. The normalized spacial score (nSPS) is 28.7. The molecule has 1 rings (SSSR count). The van der Waals surface area contributed by atoms with Gasteiger partial charge in [-0.05, 0) is 32.6 Å². The van der Waals surface area contributed by atoms with E-state index in [-0.39, 0.29) is 0 Å². The lowest BCUT2D eigenvalue weighted by atomic mass is 9.86. The Balaban J connectivity index is 2.48. The maximum atomic E-state index is 5.67. The van der Waals surface area contributed by atoms with Crippen molar-refractivity contribution in [3.8, 4) is 0 Å². The summed E-state index contributed by atoms with van der Waals surface area (Å²) in [4.78, 5) is 2.59. The summed E-state index contributed by atoms with van der Waals surface area (Å²) in [6.07, 6.45) is 5.57. The first-order chi connectivity index (χ1) is 6.65. The molecule has 0 amide bonds. The summed E-state index contributed by atoms with van der Waals surface area (Å²) in [6.45, 7) is 8.81. The summed E-state index contributed by atoms with van der Waals surface area (Å²) in [6, 6.07) is 1.44. The Morgan fingerprint density at radius 2 is 2.07 bits per heavy atom. The van der Waals surface area contributed by atoms with Gasteiger partial charge in [0.15, 0.2) is 0 Å². The second-order valence-corrected chi connectivity index (χ2v) is 5.05. The van der Waals surface area contributed by atoms with Crippen molar-refractivity contribution in [2.24, 2.45) is 11.7 Å². The molecule has 0 radical (unpaired) electrons. The van der Waals surface area contributed by atoms with Crippen molar-refractivity contribution in [3.63, 3.8) is 0 Å². The molecular weight excluding hydrogens is 172 g/mol. The standard InChI is InChI=1S/C12H26N2/c1-10(2)14(8-7-13)12-6-4-5-11(3)9-12/h10-12H,4-9,13H2,1-3H3. The molecule has 1 aliphatic rings. The van der Waals surface area contributed by atoms with Crippen LogP contribution in [-0.4, -0.2) is 30.1 Å². The van der Waals surface area contributed by atoms with Crippen molar-refractivity contribution in [2.75, 3.05) is 13.1 Å². The molecule has 0 saturated heterocycles. The third kappa shape index (κ3) is 3.25. The summed E-state index contributed by atoms with van der Waals surface area (Å²) in [5.41, 5.74) is 5.67. The smallest absolute Gasteiger partial charge is 0.0110 e. The molecule has 0 spiro atoms. The Morgan fingerprint density at radius 1 is 1.36 bits per heavy atom. The van der Waals surface area contributed by atoms with Crippen LogP contribution >= 0.6 is 0 Å². The Labute approximate surface area is 88.8 Å². The zero-order chi connectivity index (χ0) is 10.6. The van der Waals surface area contributed by atoms with E-state index in [1.54, 1.807) is 0 Å². The van der Waals surface area contributed by atoms with E-state index in [1.165, 1.54) is 25.7 Å². The highest BCUT2D eigenvalue weighted by molar-refractivity contribution is 4.80. The van der Waals surface area contributed by atoms with E-state index in [0.29, 0.717) is 6.04 Å². The second-order valence-electron chi connectivity index (χ2n) is 5.05. The van der Waals surface area contributed by atoms with E-state index >= 15 is 0 Å². The minimum atomic E-state index is 0.647. The molecule has 2 heteroatoms. The molecule has 2 atom stereocenters. The van der Waals surface area contributed by atoms with Gasteiger partial charge >= 0.3 is 0 Å². The molecule has 1 fully saturated rings. The van der Waals surface area contributed by atoms with Crippen molar-refractivity contribution in [1.82, 2.24) is 4.90 Å². The summed E-state index contributed by atoms with van der Waals surface area (Å²) < 4.78 is 0. The molecule has 84 valence electrons. The first kappa shape index (κ1) is 12.0. The Kier molecular flexibility index (Phi) is 4.90. The lowest BCUT2D eigenvalue weighted by Crippen LogP contribution is -2.45. The third-order valence-corrected chi connectivity index (χ3v) is 3.43. The molecule has 0 aromatic heterocycles. The zero-order valence-electron chi connectivity index (χ0n) is 10.00. The highest BCUT2D eigenvalue weighted by Crippen LogP contribution is 2.28. The van der Waals surface area contributed by atoms with Crippen molar-refractivity contribution in [2.45, 2.75) is 58.5 Å². The topological polar surface area (TPSA) is 29.3 Å². The van der Waals surface area contributed by atoms with Gasteiger partial charge in [-0.2, -0.15) is 0 Å². The number of hydrogen-bond donors (Lipinski definition) is 1. The fraction of sp³-hybridized carbons (Fsp3) is 1.00. The fourth-order valence-corrected chi connectivity index (χ4v) is 2.71. The molecule has 14 heavy (non-hydrogen) atoms. The van der Waals surface area contributed by atoms with Gasteiger partial charge in [0.1, 0.15) is 0 Å². The molecular formula is C12H26N2. The van der Waals surface area contributed by atoms with Gasteiger partial charge in [0.25, 0.3) is 0 Å². The predicted molar refractivity (Wildman–Crippen MR) is 62.3 cm³/mol. The maximum absolute atomic E-state index is 5.67. The maximum Gasteiger partial charge on any atom is 0.0110 e. The van der Waals surface area contributed by atoms with Gasteiger partial charge in [-0.3, -0.25) is 4.90 Å². The fourth-order valence-electron chi connectivity index (χ4n) is 2.71. The van der Waals surface area contributed by atoms with Gasteiger partial charge in [0.2, 0.25) is 0 Å². The second kappa shape index (κ2) is 5.72. The molecule has 0 aliphatic heterocycles. The average Bonchev–Trinajstić information content (AvgIpc) is 2.13. The van der Waals surface area contributed by atoms with E-state index in [2.05, 4.69) is 25.7 Å². The monoisotopic (exact) mass is 198 g/mol. The van der Waals surface area contributed by atoms with Crippen LogP contribution in [0, 0.1) is 5.92 Å². The van der Waals surface area contributed by atoms with Crippen LogP contribution in [0.25, 0.3) is 0 Å². The van der Waals surface area contributed by atoms with Crippen LogP contribution in [0.5, 0.6) is 0 Å². The molecule has 2 nitrogen and oxygen atoms in total. The average molecular weight is 198 g/mol. The molecule has 0 bridgehead atoms. The van der Waals surface area contributed by atoms with E-state index in [1.807, 2.05) is 0 Å². The van der Waals surface area contributed by atoms with Gasteiger partial charge in [-0.1, -0.05) is 19.8 Å². The van der Waals surface area contributed by atoms with E-state index in [4.69, 9.17) is 5.73 Å². The molecule has 0 heterocycles. The lowest BCUT2D eigenvalue weighted by Gasteiger charge is -2.39. The van der Waals surface area contributed by atoms with Gasteiger partial charge < -0.3 is 5.73 Å². The highest BCUT2D eigenvalue weighted by Gasteiger charge is 2.25. The summed E-state index contributed by atoms with van der Waals surface area (Å²) in [5.74, 6) is 0.910. The highest BCUT2D eigenvalue weighted by atomic mass is 15.2. The van der Waals surface area contributed by atoms with Crippen LogP contribution in [0.2, 0.25) is 0 Å². The molecule has 0 aromatic carbocycles. The number of hydrogen-bond acceptors (Lipinski definition) is 2. The Morgan fingerprint density at radius 3 is 2.57 bits per heavy atom. The van der Waals surface area contributed by atoms with Crippen molar-refractivity contribution in [3.05, 3.63) is 0 Å². The molecule has 1 aliphatic carbocycles. The van der Waals surface area contributed by atoms with Gasteiger partial charge in [-0.25, -0.2) is 0 Å². The Bertz CT molecular complexity index is 156. The largest absolute Gasteiger partial charge is 0.329 e. The minimum Gasteiger partial charge on any atom is -0.329 e. The van der Waals surface area contributed by atoms with Gasteiger partial charge in [0.05, 0.1) is 0 Å². The molecule has 2 unspecified atom stereocenters. The van der Waals surface area contributed by atoms with E-state index in [0.717, 1.165) is 25.0 Å². The Hall–Kier alpha value is -0.0800. The summed E-state index contributed by atoms with van der Waals surface area (Å²) in [7, 11) is 0. The van der Waals surface area contributed by atoms with Gasteiger partial charge in [0, 0.05) is 25.2 Å². The molecule has 0 aromatic rings. The van der Waals surface area contributed by atoms with Crippen LogP contribution in [0.3, 0.4) is 0 Å².